The van der Waals surface area contributed by atoms with E-state index in [9.17, 15) is 14.9 Å². The number of carbonyl (C=O) groups is 1. The highest BCUT2D eigenvalue weighted by molar-refractivity contribution is 5.94. The first kappa shape index (κ1) is 13.4. The average Bonchev–Trinajstić information content (AvgIpc) is 2.36. The van der Waals surface area contributed by atoms with Gasteiger partial charge in [-0.05, 0) is 19.1 Å². The minimum Gasteiger partial charge on any atom is -0.490 e. The van der Waals surface area contributed by atoms with Crippen molar-refractivity contribution in [2.45, 2.75) is 6.92 Å². The summed E-state index contributed by atoms with van der Waals surface area (Å²) in [6, 6.07) is 4.13. The Morgan fingerprint density at radius 2 is 2.22 bits per heavy atom. The van der Waals surface area contributed by atoms with Gasteiger partial charge >= 0.3 is 11.7 Å². The summed E-state index contributed by atoms with van der Waals surface area (Å²) >= 11 is 0. The highest BCUT2D eigenvalue weighted by atomic mass is 16.6. The number of nitriles is 1. The average molecular weight is 250 g/mol. The normalized spacial score (nSPS) is 9.39. The van der Waals surface area contributed by atoms with Crippen molar-refractivity contribution < 1.29 is 19.2 Å². The molecule has 1 aromatic rings. The van der Waals surface area contributed by atoms with Crippen LogP contribution in [-0.2, 0) is 4.74 Å². The van der Waals surface area contributed by atoms with Crippen molar-refractivity contribution in [3.05, 3.63) is 33.4 Å². The molecule has 0 atom stereocenters. The maximum absolute atomic E-state index is 11.6. The van der Waals surface area contributed by atoms with Gasteiger partial charge in [0.15, 0.2) is 0 Å². The molecule has 7 heteroatoms. The molecule has 0 aliphatic heterocycles. The Kier molecular flexibility index (Phi) is 4.21. The second kappa shape index (κ2) is 5.63. The van der Waals surface area contributed by atoms with Crippen molar-refractivity contribution in [2.24, 2.45) is 0 Å². The summed E-state index contributed by atoms with van der Waals surface area (Å²) in [6.07, 6.45) is 0. The number of methoxy groups -OCH3 is 1. The van der Waals surface area contributed by atoms with Gasteiger partial charge in [0.1, 0.15) is 17.2 Å². The molecular weight excluding hydrogens is 240 g/mol. The zero-order chi connectivity index (χ0) is 13.7. The molecule has 0 fully saturated rings. The van der Waals surface area contributed by atoms with Gasteiger partial charge in [0.25, 0.3) is 0 Å². The molecule has 1 rings (SSSR count). The van der Waals surface area contributed by atoms with Crippen molar-refractivity contribution in [1.82, 2.24) is 0 Å². The van der Waals surface area contributed by atoms with E-state index in [4.69, 9.17) is 14.7 Å². The fraction of sp³-hybridized carbons (Fsp3) is 0.273. The lowest BCUT2D eigenvalue weighted by atomic mass is 10.1. The molecule has 0 aliphatic rings. The minimum atomic E-state index is -0.764. The van der Waals surface area contributed by atoms with Crippen LogP contribution >= 0.6 is 0 Å². The minimum absolute atomic E-state index is 0.0787. The van der Waals surface area contributed by atoms with Crippen LogP contribution < -0.4 is 4.74 Å². The molecule has 0 amide bonds. The van der Waals surface area contributed by atoms with E-state index in [1.54, 1.807) is 13.0 Å². The molecule has 0 radical (unpaired) electrons. The van der Waals surface area contributed by atoms with E-state index in [0.717, 1.165) is 0 Å². The number of nitrogens with zero attached hydrogens (tertiary/aromatic N) is 2. The number of carbonyl (C=O) groups excluding carboxylic acids is 1. The van der Waals surface area contributed by atoms with Gasteiger partial charge in [0, 0.05) is 0 Å². The molecule has 0 aliphatic carbocycles. The lowest BCUT2D eigenvalue weighted by molar-refractivity contribution is -0.386. The molecule has 0 saturated heterocycles. The lowest BCUT2D eigenvalue weighted by Crippen LogP contribution is -2.09. The van der Waals surface area contributed by atoms with Crippen LogP contribution in [0.3, 0.4) is 0 Å². The first-order chi connectivity index (χ1) is 8.56. The molecule has 0 spiro atoms. The summed E-state index contributed by atoms with van der Waals surface area (Å²) in [5, 5.41) is 19.7. The molecule has 0 bridgehead atoms. The van der Waals surface area contributed by atoms with Gasteiger partial charge in [-0.2, -0.15) is 5.26 Å². The number of nitro groups is 1. The highest BCUT2D eigenvalue weighted by Gasteiger charge is 2.27. The van der Waals surface area contributed by atoms with Crippen LogP contribution in [0.15, 0.2) is 12.1 Å². The van der Waals surface area contributed by atoms with Gasteiger partial charge in [-0.25, -0.2) is 4.79 Å². The van der Waals surface area contributed by atoms with E-state index in [0.29, 0.717) is 0 Å². The zero-order valence-corrected chi connectivity index (χ0v) is 9.80. The van der Waals surface area contributed by atoms with E-state index in [-0.39, 0.29) is 23.5 Å². The van der Waals surface area contributed by atoms with Crippen LogP contribution in [0.4, 0.5) is 5.69 Å². The highest BCUT2D eigenvalue weighted by Crippen LogP contribution is 2.34. The molecule has 0 N–H and O–H groups in total. The standard InChI is InChI=1S/C11H10N2O5/c1-3-18-11(14)8-5-4-7(6-12)9(13(15)16)10(8)17-2/h4-5H,3H2,1-2H3. The summed E-state index contributed by atoms with van der Waals surface area (Å²) in [7, 11) is 1.19. The number of ether oxygens (including phenoxy) is 2. The quantitative estimate of drug-likeness (QED) is 0.457. The first-order valence-electron chi connectivity index (χ1n) is 4.99. The van der Waals surface area contributed by atoms with Gasteiger partial charge in [-0.3, -0.25) is 10.1 Å². The Bertz CT molecular complexity index is 533. The fourth-order valence-electron chi connectivity index (χ4n) is 1.42. The van der Waals surface area contributed by atoms with Gasteiger partial charge in [-0.15, -0.1) is 0 Å². The van der Waals surface area contributed by atoms with Crippen molar-refractivity contribution in [1.29, 1.82) is 5.26 Å². The number of nitro benzene ring substituents is 1. The number of hydrogen-bond acceptors (Lipinski definition) is 6. The Morgan fingerprint density at radius 1 is 1.56 bits per heavy atom. The van der Waals surface area contributed by atoms with Crippen LogP contribution in [0.2, 0.25) is 0 Å². The zero-order valence-electron chi connectivity index (χ0n) is 9.80. The Morgan fingerprint density at radius 3 is 2.67 bits per heavy atom. The summed E-state index contributed by atoms with van der Waals surface area (Å²) < 4.78 is 9.61. The van der Waals surface area contributed by atoms with E-state index in [1.165, 1.54) is 19.2 Å². The summed E-state index contributed by atoms with van der Waals surface area (Å²) in [4.78, 5) is 21.7. The largest absolute Gasteiger partial charge is 0.490 e. The van der Waals surface area contributed by atoms with Crippen molar-refractivity contribution in [3.63, 3.8) is 0 Å². The predicted octanol–water partition coefficient (Wildman–Crippen LogP) is 1.65. The van der Waals surface area contributed by atoms with Gasteiger partial charge in [-0.1, -0.05) is 0 Å². The predicted molar refractivity (Wildman–Crippen MR) is 60.3 cm³/mol. The van der Waals surface area contributed by atoms with Crippen LogP contribution in [0, 0.1) is 21.4 Å². The monoisotopic (exact) mass is 250 g/mol. The first-order valence-corrected chi connectivity index (χ1v) is 4.99. The molecular formula is C11H10N2O5. The molecule has 0 aromatic heterocycles. The van der Waals surface area contributed by atoms with E-state index < -0.39 is 16.6 Å². The molecule has 0 heterocycles. The van der Waals surface area contributed by atoms with E-state index in [2.05, 4.69) is 0 Å². The van der Waals surface area contributed by atoms with E-state index in [1.807, 2.05) is 0 Å². The Labute approximate surface area is 103 Å². The third-order valence-corrected chi connectivity index (χ3v) is 2.13. The van der Waals surface area contributed by atoms with Crippen molar-refractivity contribution in [2.75, 3.05) is 13.7 Å². The second-order valence-corrected chi connectivity index (χ2v) is 3.13. The summed E-state index contributed by atoms with van der Waals surface area (Å²) in [6.45, 7) is 1.75. The van der Waals surface area contributed by atoms with Gasteiger partial charge in [0.2, 0.25) is 5.75 Å². The number of hydrogen-bond donors (Lipinski definition) is 0. The fourth-order valence-corrected chi connectivity index (χ4v) is 1.42. The second-order valence-electron chi connectivity index (χ2n) is 3.13. The molecule has 1 aromatic carbocycles. The molecule has 0 saturated carbocycles. The van der Waals surface area contributed by atoms with Crippen LogP contribution in [-0.4, -0.2) is 24.6 Å². The third-order valence-electron chi connectivity index (χ3n) is 2.13. The Balaban J connectivity index is 3.48. The topological polar surface area (TPSA) is 102 Å². The van der Waals surface area contributed by atoms with Crippen molar-refractivity contribution in [3.8, 4) is 11.8 Å². The van der Waals surface area contributed by atoms with Crippen LogP contribution in [0.25, 0.3) is 0 Å². The maximum Gasteiger partial charge on any atom is 0.342 e. The maximum atomic E-state index is 11.6. The SMILES string of the molecule is CCOC(=O)c1ccc(C#N)c([N+](=O)[O-])c1OC. The molecule has 0 unspecified atom stereocenters. The number of benzene rings is 1. The number of esters is 1. The van der Waals surface area contributed by atoms with E-state index >= 15 is 0 Å². The van der Waals surface area contributed by atoms with Gasteiger partial charge in [0.05, 0.1) is 18.6 Å². The number of rotatable bonds is 4. The van der Waals surface area contributed by atoms with Crippen molar-refractivity contribution >= 4 is 11.7 Å². The smallest absolute Gasteiger partial charge is 0.342 e. The molecule has 18 heavy (non-hydrogen) atoms. The Hall–Kier alpha value is -2.62. The summed E-state index contributed by atoms with van der Waals surface area (Å²) in [5.41, 5.74) is -0.791. The summed E-state index contributed by atoms with van der Waals surface area (Å²) in [5.74, 6) is -1.00. The van der Waals surface area contributed by atoms with Crippen LogP contribution in [0.1, 0.15) is 22.8 Å². The molecule has 94 valence electrons. The molecule has 7 nitrogen and oxygen atoms in total. The van der Waals surface area contributed by atoms with Crippen LogP contribution in [0.5, 0.6) is 5.75 Å². The third kappa shape index (κ3) is 2.38. The lowest BCUT2D eigenvalue weighted by Gasteiger charge is -2.08. The van der Waals surface area contributed by atoms with Gasteiger partial charge < -0.3 is 9.47 Å².